The first-order chi connectivity index (χ1) is 8.04. The van der Waals surface area contributed by atoms with Gasteiger partial charge in [0.15, 0.2) is 5.78 Å². The standard InChI is InChI=1S/C12H14F2O3/c1-8-3-4-9(11(5-8)16-2)10(15)6-17-7-12(13)14/h3-5,12H,6-7H2,1-2H3. The van der Waals surface area contributed by atoms with Crippen LogP contribution in [0.3, 0.4) is 0 Å². The zero-order valence-electron chi connectivity index (χ0n) is 9.70. The van der Waals surface area contributed by atoms with Crippen LogP contribution in [0.4, 0.5) is 8.78 Å². The number of ether oxygens (including phenoxy) is 2. The molecule has 17 heavy (non-hydrogen) atoms. The Kier molecular flexibility index (Phi) is 5.03. The van der Waals surface area contributed by atoms with Crippen molar-refractivity contribution in [2.24, 2.45) is 0 Å². The second-order valence-corrected chi connectivity index (χ2v) is 3.53. The molecule has 0 saturated carbocycles. The molecule has 0 bridgehead atoms. The van der Waals surface area contributed by atoms with Gasteiger partial charge in [-0.1, -0.05) is 6.07 Å². The molecule has 94 valence electrons. The smallest absolute Gasteiger partial charge is 0.261 e. The lowest BCUT2D eigenvalue weighted by Gasteiger charge is -2.08. The summed E-state index contributed by atoms with van der Waals surface area (Å²) in [5.41, 5.74) is 1.29. The van der Waals surface area contributed by atoms with E-state index in [1.807, 2.05) is 6.92 Å². The average Bonchev–Trinajstić information content (AvgIpc) is 2.28. The number of methoxy groups -OCH3 is 1. The molecule has 0 saturated heterocycles. The van der Waals surface area contributed by atoms with E-state index < -0.39 is 13.0 Å². The zero-order chi connectivity index (χ0) is 12.8. The number of hydrogen-bond donors (Lipinski definition) is 0. The molecule has 0 amide bonds. The number of aryl methyl sites for hydroxylation is 1. The van der Waals surface area contributed by atoms with Gasteiger partial charge in [0.05, 0.1) is 12.7 Å². The van der Waals surface area contributed by atoms with E-state index in [-0.39, 0.29) is 12.4 Å². The third-order valence-corrected chi connectivity index (χ3v) is 2.13. The summed E-state index contributed by atoms with van der Waals surface area (Å²) in [6.07, 6.45) is -2.57. The van der Waals surface area contributed by atoms with Crippen LogP contribution in [0, 0.1) is 6.92 Å². The third kappa shape index (κ3) is 4.11. The van der Waals surface area contributed by atoms with Gasteiger partial charge in [-0.2, -0.15) is 0 Å². The first kappa shape index (κ1) is 13.6. The fourth-order valence-corrected chi connectivity index (χ4v) is 1.35. The second kappa shape index (κ2) is 6.30. The van der Waals surface area contributed by atoms with Crippen molar-refractivity contribution in [3.05, 3.63) is 29.3 Å². The topological polar surface area (TPSA) is 35.5 Å². The van der Waals surface area contributed by atoms with Crippen LogP contribution in [0.25, 0.3) is 0 Å². The van der Waals surface area contributed by atoms with E-state index in [9.17, 15) is 13.6 Å². The minimum Gasteiger partial charge on any atom is -0.496 e. The number of carbonyl (C=O) groups excluding carboxylic acids is 1. The number of ketones is 1. The SMILES string of the molecule is COc1cc(C)ccc1C(=O)COCC(F)F. The minimum absolute atomic E-state index is 0.340. The van der Waals surface area contributed by atoms with Gasteiger partial charge in [0.2, 0.25) is 0 Å². The van der Waals surface area contributed by atoms with Crippen LogP contribution in [0.15, 0.2) is 18.2 Å². The lowest BCUT2D eigenvalue weighted by molar-refractivity contribution is 0.0195. The molecule has 0 aliphatic rings. The van der Waals surface area contributed by atoms with Crippen molar-refractivity contribution in [1.82, 2.24) is 0 Å². The summed E-state index contributed by atoms with van der Waals surface area (Å²) in [4.78, 5) is 11.7. The largest absolute Gasteiger partial charge is 0.496 e. The van der Waals surface area contributed by atoms with Crippen molar-refractivity contribution in [3.8, 4) is 5.75 Å². The van der Waals surface area contributed by atoms with Crippen LogP contribution in [-0.2, 0) is 4.74 Å². The molecule has 0 spiro atoms. The maximum Gasteiger partial charge on any atom is 0.261 e. The Bertz CT molecular complexity index is 391. The highest BCUT2D eigenvalue weighted by Gasteiger charge is 2.13. The van der Waals surface area contributed by atoms with E-state index in [1.165, 1.54) is 7.11 Å². The van der Waals surface area contributed by atoms with Gasteiger partial charge in [-0.15, -0.1) is 0 Å². The molecule has 0 radical (unpaired) electrons. The van der Waals surface area contributed by atoms with Gasteiger partial charge in [0, 0.05) is 0 Å². The number of benzene rings is 1. The predicted molar refractivity (Wildman–Crippen MR) is 58.9 cm³/mol. The summed E-state index contributed by atoms with van der Waals surface area (Å²) in [5, 5.41) is 0. The van der Waals surface area contributed by atoms with Crippen LogP contribution in [0.5, 0.6) is 5.75 Å². The molecule has 0 aliphatic carbocycles. The van der Waals surface area contributed by atoms with E-state index in [2.05, 4.69) is 4.74 Å². The fraction of sp³-hybridized carbons (Fsp3) is 0.417. The van der Waals surface area contributed by atoms with Gasteiger partial charge in [-0.05, 0) is 24.6 Å². The van der Waals surface area contributed by atoms with Crippen molar-refractivity contribution >= 4 is 5.78 Å². The highest BCUT2D eigenvalue weighted by atomic mass is 19.3. The molecule has 0 unspecified atom stereocenters. The Labute approximate surface area is 98.3 Å². The maximum atomic E-state index is 11.8. The Hall–Kier alpha value is -1.49. The molecule has 0 N–H and O–H groups in total. The van der Waals surface area contributed by atoms with Crippen LogP contribution in [-0.4, -0.2) is 32.5 Å². The normalized spacial score (nSPS) is 10.6. The molecular formula is C12H14F2O3. The van der Waals surface area contributed by atoms with Gasteiger partial charge in [0.25, 0.3) is 6.43 Å². The van der Waals surface area contributed by atoms with E-state index in [1.54, 1.807) is 18.2 Å². The molecule has 3 nitrogen and oxygen atoms in total. The first-order valence-electron chi connectivity index (χ1n) is 5.08. The van der Waals surface area contributed by atoms with Crippen LogP contribution < -0.4 is 4.74 Å². The van der Waals surface area contributed by atoms with E-state index in [0.717, 1.165) is 5.56 Å². The fourth-order valence-electron chi connectivity index (χ4n) is 1.35. The number of halogens is 2. The van der Waals surface area contributed by atoms with Crippen LogP contribution in [0.2, 0.25) is 0 Å². The second-order valence-electron chi connectivity index (χ2n) is 3.53. The molecule has 1 aromatic rings. The number of rotatable bonds is 6. The number of alkyl halides is 2. The average molecular weight is 244 g/mol. The lowest BCUT2D eigenvalue weighted by Crippen LogP contribution is -2.14. The molecule has 0 fully saturated rings. The number of hydrogen-bond acceptors (Lipinski definition) is 3. The summed E-state index contributed by atoms with van der Waals surface area (Å²) < 4.78 is 33.3. The Morgan fingerprint density at radius 2 is 2.12 bits per heavy atom. The van der Waals surface area contributed by atoms with E-state index in [0.29, 0.717) is 11.3 Å². The van der Waals surface area contributed by atoms with Gasteiger partial charge in [-0.3, -0.25) is 4.79 Å². The van der Waals surface area contributed by atoms with E-state index in [4.69, 9.17) is 4.74 Å². The molecule has 0 aromatic heterocycles. The molecule has 0 heterocycles. The van der Waals surface area contributed by atoms with Crippen molar-refractivity contribution in [2.75, 3.05) is 20.3 Å². The Morgan fingerprint density at radius 3 is 2.71 bits per heavy atom. The molecular weight excluding hydrogens is 230 g/mol. The third-order valence-electron chi connectivity index (χ3n) is 2.13. The van der Waals surface area contributed by atoms with Gasteiger partial charge in [-0.25, -0.2) is 8.78 Å². The van der Waals surface area contributed by atoms with Crippen molar-refractivity contribution in [1.29, 1.82) is 0 Å². The van der Waals surface area contributed by atoms with Gasteiger partial charge >= 0.3 is 0 Å². The first-order valence-corrected chi connectivity index (χ1v) is 5.08. The summed E-state index contributed by atoms with van der Waals surface area (Å²) in [5.74, 6) is 0.0538. The molecule has 5 heteroatoms. The molecule has 1 rings (SSSR count). The van der Waals surface area contributed by atoms with Gasteiger partial charge < -0.3 is 9.47 Å². The van der Waals surface area contributed by atoms with Crippen LogP contribution >= 0.6 is 0 Å². The lowest BCUT2D eigenvalue weighted by atomic mass is 10.1. The molecule has 1 aromatic carbocycles. The Balaban J connectivity index is 2.68. The summed E-state index contributed by atoms with van der Waals surface area (Å²) in [6.45, 7) is 0.758. The quantitative estimate of drug-likeness (QED) is 0.721. The van der Waals surface area contributed by atoms with Gasteiger partial charge in [0.1, 0.15) is 19.0 Å². The minimum atomic E-state index is -2.57. The highest BCUT2D eigenvalue weighted by Crippen LogP contribution is 2.20. The maximum absolute atomic E-state index is 11.8. The monoisotopic (exact) mass is 244 g/mol. The predicted octanol–water partition coefficient (Wildman–Crippen LogP) is 2.47. The van der Waals surface area contributed by atoms with Crippen molar-refractivity contribution in [3.63, 3.8) is 0 Å². The Morgan fingerprint density at radius 1 is 1.41 bits per heavy atom. The van der Waals surface area contributed by atoms with E-state index >= 15 is 0 Å². The van der Waals surface area contributed by atoms with Crippen molar-refractivity contribution < 1.29 is 23.0 Å². The van der Waals surface area contributed by atoms with Crippen LogP contribution in [0.1, 0.15) is 15.9 Å². The summed E-state index contributed by atoms with van der Waals surface area (Å²) in [7, 11) is 1.45. The number of carbonyl (C=O) groups is 1. The van der Waals surface area contributed by atoms with Crippen molar-refractivity contribution in [2.45, 2.75) is 13.3 Å². The summed E-state index contributed by atoms with van der Waals surface area (Å²) in [6, 6.07) is 5.06. The molecule has 0 aliphatic heterocycles. The zero-order valence-corrected chi connectivity index (χ0v) is 9.70. The summed E-state index contributed by atoms with van der Waals surface area (Å²) >= 11 is 0. The molecule has 0 atom stereocenters. The highest BCUT2D eigenvalue weighted by molar-refractivity contribution is 5.99. The number of Topliss-reactive ketones (excluding diaryl/α,β-unsaturated/α-hetero) is 1.